The van der Waals surface area contributed by atoms with E-state index in [2.05, 4.69) is 18.9 Å². The molecule has 0 amide bonds. The van der Waals surface area contributed by atoms with Gasteiger partial charge in [-0.1, -0.05) is 18.2 Å². The van der Waals surface area contributed by atoms with Crippen LogP contribution in [0.1, 0.15) is 37.0 Å². The topological polar surface area (TPSA) is 163 Å². The first-order valence-electron chi connectivity index (χ1n) is 8.82. The van der Waals surface area contributed by atoms with E-state index < -0.39 is 63.1 Å². The Bertz CT molecular complexity index is 785. The number of esters is 3. The van der Waals surface area contributed by atoms with Gasteiger partial charge < -0.3 is 28.7 Å². The molecule has 0 spiro atoms. The minimum absolute atomic E-state index is 0.141. The van der Waals surface area contributed by atoms with E-state index in [0.717, 1.165) is 0 Å². The summed E-state index contributed by atoms with van der Waals surface area (Å²) in [6.07, 6.45) is -3.29. The zero-order valence-electron chi connectivity index (χ0n) is 16.4. The van der Waals surface area contributed by atoms with Crippen LogP contribution in [0.4, 0.5) is 4.79 Å². The number of ether oxygens (including phenoxy) is 4. The van der Waals surface area contributed by atoms with Gasteiger partial charge in [0.25, 0.3) is 0 Å². The van der Waals surface area contributed by atoms with Gasteiger partial charge in [-0.15, -0.1) is 0 Å². The minimum Gasteiger partial charge on any atom is -0.431 e. The maximum atomic E-state index is 12.1. The normalized spacial score (nSPS) is 12.0. The smallest absolute Gasteiger partial charge is 0.431 e. The molecule has 0 heterocycles. The van der Waals surface area contributed by atoms with E-state index in [1.165, 1.54) is 12.1 Å². The van der Waals surface area contributed by atoms with Crippen LogP contribution < -0.4 is 0 Å². The number of hydrogen-bond acceptors (Lipinski definition) is 9. The molecule has 0 aliphatic rings. The number of carbonyl (C=O) groups is 4. The Labute approximate surface area is 172 Å². The molecule has 166 valence electrons. The lowest BCUT2D eigenvalue weighted by Crippen LogP contribution is -2.25. The van der Waals surface area contributed by atoms with Gasteiger partial charge in [0, 0.05) is 6.42 Å². The van der Waals surface area contributed by atoms with Gasteiger partial charge in [0.05, 0.1) is 23.7 Å². The summed E-state index contributed by atoms with van der Waals surface area (Å²) in [5.41, 5.74) is 0.141. The molecule has 0 fully saturated rings. The van der Waals surface area contributed by atoms with Gasteiger partial charge in [-0.05, 0) is 32.4 Å². The van der Waals surface area contributed by atoms with Crippen LogP contribution in [0.3, 0.4) is 0 Å². The Hall–Kier alpha value is -2.75. The summed E-state index contributed by atoms with van der Waals surface area (Å²) in [6, 6.07) is 7.70. The summed E-state index contributed by atoms with van der Waals surface area (Å²) in [7, 11) is -4.63. The van der Waals surface area contributed by atoms with Crippen LogP contribution in [0.5, 0.6) is 0 Å². The Kier molecular flexibility index (Phi) is 10.2. The first kappa shape index (κ1) is 25.3. The average Bonchev–Trinajstić information content (AvgIpc) is 2.64. The van der Waals surface area contributed by atoms with Crippen molar-refractivity contribution in [3.8, 4) is 0 Å². The van der Waals surface area contributed by atoms with Gasteiger partial charge in [0.15, 0.2) is 0 Å². The molecule has 30 heavy (non-hydrogen) atoms. The third-order valence-electron chi connectivity index (χ3n) is 3.41. The molecule has 0 aromatic heterocycles. The summed E-state index contributed by atoms with van der Waals surface area (Å²) < 4.78 is 29.7. The van der Waals surface area contributed by atoms with Crippen molar-refractivity contribution in [1.82, 2.24) is 0 Å². The fourth-order valence-corrected chi connectivity index (χ4v) is 3.04. The summed E-state index contributed by atoms with van der Waals surface area (Å²) in [5.74, 6) is -4.37. The maximum absolute atomic E-state index is 12.1. The summed E-state index contributed by atoms with van der Waals surface area (Å²) in [4.78, 5) is 65.2. The van der Waals surface area contributed by atoms with Crippen molar-refractivity contribution in [2.45, 2.75) is 32.8 Å². The zero-order valence-corrected chi connectivity index (χ0v) is 17.3. The van der Waals surface area contributed by atoms with Crippen molar-refractivity contribution < 1.29 is 52.5 Å². The molecule has 1 atom stereocenters. The van der Waals surface area contributed by atoms with Crippen molar-refractivity contribution in [3.63, 3.8) is 0 Å². The van der Waals surface area contributed by atoms with E-state index in [1.807, 2.05) is 0 Å². The molecular weight excluding hydrogens is 423 g/mol. The maximum Gasteiger partial charge on any atom is 0.511 e. The number of rotatable bonds is 10. The second-order valence-corrected chi connectivity index (χ2v) is 8.05. The molecule has 0 saturated heterocycles. The number of benzene rings is 1. The lowest BCUT2D eigenvalue weighted by Gasteiger charge is -2.16. The van der Waals surface area contributed by atoms with Gasteiger partial charge in [0.2, 0.25) is 6.79 Å². The molecule has 0 bridgehead atoms. The molecule has 0 radical (unpaired) electrons. The third kappa shape index (κ3) is 10.7. The minimum atomic E-state index is -4.63. The second-order valence-electron chi connectivity index (χ2n) is 6.35. The lowest BCUT2D eigenvalue weighted by atomic mass is 10.1. The van der Waals surface area contributed by atoms with Gasteiger partial charge in [-0.2, -0.15) is 0 Å². The summed E-state index contributed by atoms with van der Waals surface area (Å²) in [5, 5.41) is 0. The molecule has 1 aromatic rings. The molecule has 0 aliphatic heterocycles. The van der Waals surface area contributed by atoms with E-state index >= 15 is 0 Å². The van der Waals surface area contributed by atoms with Crippen molar-refractivity contribution in [2.75, 3.05) is 13.0 Å². The van der Waals surface area contributed by atoms with Gasteiger partial charge in [-0.25, -0.2) is 9.59 Å². The van der Waals surface area contributed by atoms with Crippen LogP contribution in [0.15, 0.2) is 30.3 Å². The highest BCUT2D eigenvalue weighted by Crippen LogP contribution is 2.38. The van der Waals surface area contributed by atoms with E-state index in [1.54, 1.807) is 32.0 Å². The Morgan fingerprint density at radius 3 is 2.23 bits per heavy atom. The standard InChI is InChI=1S/C18H23O11P/c1-12(2)28-18(22)27-11-26-16(20)14(10-30(23,24)25)8-9-15(19)29-17(21)13-6-4-3-5-7-13/h3-7,12,14H,8-11H2,1-2H3,(H2,23,24,25). The summed E-state index contributed by atoms with van der Waals surface area (Å²) >= 11 is 0. The van der Waals surface area contributed by atoms with Crippen molar-refractivity contribution in [2.24, 2.45) is 5.92 Å². The van der Waals surface area contributed by atoms with Gasteiger partial charge in [-0.3, -0.25) is 14.2 Å². The highest BCUT2D eigenvalue weighted by Gasteiger charge is 2.30. The predicted molar refractivity (Wildman–Crippen MR) is 100 cm³/mol. The van der Waals surface area contributed by atoms with Crippen molar-refractivity contribution >= 4 is 31.7 Å². The van der Waals surface area contributed by atoms with Crippen molar-refractivity contribution in [1.29, 1.82) is 0 Å². The third-order valence-corrected chi connectivity index (χ3v) is 4.33. The Morgan fingerprint density at radius 1 is 1.03 bits per heavy atom. The second kappa shape index (κ2) is 12.1. The van der Waals surface area contributed by atoms with E-state index in [4.69, 9.17) is 9.79 Å². The highest BCUT2D eigenvalue weighted by molar-refractivity contribution is 7.51. The number of carbonyl (C=O) groups excluding carboxylic acids is 4. The molecule has 0 aliphatic carbocycles. The quantitative estimate of drug-likeness (QED) is 0.178. The largest absolute Gasteiger partial charge is 0.511 e. The predicted octanol–water partition coefficient (Wildman–Crippen LogP) is 2.01. The molecule has 12 heteroatoms. The van der Waals surface area contributed by atoms with E-state index in [9.17, 15) is 23.7 Å². The number of hydrogen-bond donors (Lipinski definition) is 2. The van der Waals surface area contributed by atoms with Gasteiger partial charge in [0.1, 0.15) is 0 Å². The SMILES string of the molecule is CC(C)OC(=O)OCOC(=O)C(CCC(=O)OC(=O)c1ccccc1)CP(=O)(O)O. The molecule has 11 nitrogen and oxygen atoms in total. The average molecular weight is 446 g/mol. The first-order chi connectivity index (χ1) is 14.0. The molecule has 2 N–H and O–H groups in total. The van der Waals surface area contributed by atoms with E-state index in [0.29, 0.717) is 0 Å². The van der Waals surface area contributed by atoms with E-state index in [-0.39, 0.29) is 12.0 Å². The zero-order chi connectivity index (χ0) is 22.7. The van der Waals surface area contributed by atoms with Crippen LogP contribution >= 0.6 is 7.60 Å². The Balaban J connectivity index is 2.57. The first-order valence-corrected chi connectivity index (χ1v) is 10.6. The molecule has 1 unspecified atom stereocenters. The lowest BCUT2D eigenvalue weighted by molar-refractivity contribution is -0.158. The molecule has 1 rings (SSSR count). The van der Waals surface area contributed by atoms with Crippen LogP contribution in [0, 0.1) is 5.92 Å². The monoisotopic (exact) mass is 446 g/mol. The van der Waals surface area contributed by atoms with Crippen LogP contribution in [0.25, 0.3) is 0 Å². The highest BCUT2D eigenvalue weighted by atomic mass is 31.2. The molecular formula is C18H23O11P. The molecule has 0 saturated carbocycles. The van der Waals surface area contributed by atoms with Crippen LogP contribution in [0.2, 0.25) is 0 Å². The fraction of sp³-hybridized carbons (Fsp3) is 0.444. The van der Waals surface area contributed by atoms with Crippen LogP contribution in [-0.2, 0) is 33.1 Å². The summed E-state index contributed by atoms with van der Waals surface area (Å²) in [6.45, 7) is 2.31. The fourth-order valence-electron chi connectivity index (χ4n) is 2.13. The van der Waals surface area contributed by atoms with Gasteiger partial charge >= 0.3 is 31.7 Å². The Morgan fingerprint density at radius 2 is 1.67 bits per heavy atom. The van der Waals surface area contributed by atoms with Crippen molar-refractivity contribution in [3.05, 3.63) is 35.9 Å². The van der Waals surface area contributed by atoms with Crippen LogP contribution in [-0.4, -0.2) is 52.9 Å². The molecule has 1 aromatic carbocycles.